The zero-order chi connectivity index (χ0) is 71.3. The minimum Gasteiger partial charge on any atom is -0.495 e. The van der Waals surface area contributed by atoms with Crippen LogP contribution >= 0.6 is 0 Å². The van der Waals surface area contributed by atoms with Crippen LogP contribution in [-0.4, -0.2) is 141 Å². The fourth-order valence-electron chi connectivity index (χ4n) is 15.8. The molecule has 3 fully saturated rings. The number of anilines is 1. The number of aromatic nitrogens is 3. The Hall–Kier alpha value is -10.2. The van der Waals surface area contributed by atoms with E-state index in [1.54, 1.807) is 62.6 Å². The van der Waals surface area contributed by atoms with Crippen molar-refractivity contribution in [2.75, 3.05) is 46.3 Å². The number of H-pyrrole nitrogens is 3. The summed E-state index contributed by atoms with van der Waals surface area (Å²) in [7, 11) is 4.89. The number of hydrogen-bond acceptors (Lipinski definition) is 12. The topological polar surface area (TPSA) is 241 Å². The number of nitrogens with zero attached hydrogens (tertiary/aromatic N) is 4. The summed E-state index contributed by atoms with van der Waals surface area (Å²) in [6, 6.07) is 34.8. The molecule has 20 nitrogen and oxygen atoms in total. The normalized spacial score (nSPS) is 20.0. The van der Waals surface area contributed by atoms with Crippen LogP contribution in [0.15, 0.2) is 132 Å². The summed E-state index contributed by atoms with van der Waals surface area (Å²) in [4.78, 5) is 110. The first-order valence-corrected chi connectivity index (χ1v) is 35.3. The van der Waals surface area contributed by atoms with Crippen LogP contribution in [0.4, 0.5) is 5.69 Å². The Labute approximate surface area is 588 Å². The van der Waals surface area contributed by atoms with Gasteiger partial charge in [-0.25, -0.2) is 0 Å². The van der Waals surface area contributed by atoms with Crippen molar-refractivity contribution in [1.29, 1.82) is 0 Å². The molecule has 20 heteroatoms. The Morgan fingerprint density at radius 3 is 2.07 bits per heavy atom. The number of ether oxygens (including phenoxy) is 4. The highest BCUT2D eigenvalue weighted by Crippen LogP contribution is 2.45. The molecular weight excluding hydrogens is 1270 g/mol. The molecule has 0 aliphatic carbocycles. The molecule has 5 N–H and O–H groups in total. The van der Waals surface area contributed by atoms with E-state index in [0.29, 0.717) is 64.1 Å². The van der Waals surface area contributed by atoms with Gasteiger partial charge in [-0.2, -0.15) is 0 Å². The largest absolute Gasteiger partial charge is 0.495 e. The number of carbonyl (C=O) groups excluding carboxylic acids is 6. The summed E-state index contributed by atoms with van der Waals surface area (Å²) in [5, 5.41) is 9.12. The lowest BCUT2D eigenvalue weighted by Gasteiger charge is -2.47. The summed E-state index contributed by atoms with van der Waals surface area (Å²) >= 11 is 0. The highest BCUT2D eigenvalue weighted by atomic mass is 16.6. The van der Waals surface area contributed by atoms with Crippen molar-refractivity contribution in [2.45, 2.75) is 162 Å². The number of nitrogens with one attached hydrogen (secondary N) is 5. The highest BCUT2D eigenvalue weighted by molar-refractivity contribution is 6.13. The zero-order valence-electron chi connectivity index (χ0n) is 59.6. The number of pyridine rings is 1. The second kappa shape index (κ2) is 28.4. The quantitative estimate of drug-likeness (QED) is 0.0388. The minimum absolute atomic E-state index is 0.0823. The molecule has 0 saturated carbocycles. The lowest BCUT2D eigenvalue weighted by Crippen LogP contribution is -2.66. The molecule has 5 amide bonds. The molecule has 3 aromatic heterocycles. The van der Waals surface area contributed by atoms with Crippen LogP contribution in [-0.2, 0) is 60.9 Å². The first-order chi connectivity index (χ1) is 48.5. The van der Waals surface area contributed by atoms with Gasteiger partial charge in [-0.05, 0) is 180 Å². The number of fused-ring (bicyclic) bond motifs is 12. The predicted octanol–water partition coefficient (Wildman–Crippen LogP) is 12.4. The smallest absolute Gasteiger partial charge is 0.306 e. The monoisotopic (exact) mass is 1370 g/mol. The fraction of sp³-hybridized carbons (Fsp3) is 0.395. The van der Waals surface area contributed by atoms with Crippen LogP contribution in [0.2, 0.25) is 0 Å². The summed E-state index contributed by atoms with van der Waals surface area (Å²) < 4.78 is 21.8. The van der Waals surface area contributed by atoms with Crippen molar-refractivity contribution in [3.63, 3.8) is 0 Å². The maximum atomic E-state index is 13.6. The summed E-state index contributed by atoms with van der Waals surface area (Å²) in [5.41, 5.74) is 14.1. The zero-order valence-corrected chi connectivity index (χ0v) is 59.6. The first-order valence-electron chi connectivity index (χ1n) is 35.3. The van der Waals surface area contributed by atoms with E-state index < -0.39 is 17.7 Å². The van der Waals surface area contributed by atoms with Gasteiger partial charge in [0.15, 0.2) is 16.9 Å². The van der Waals surface area contributed by atoms with Crippen molar-refractivity contribution in [2.24, 2.45) is 5.92 Å². The Bertz CT molecular complexity index is 4820. The van der Waals surface area contributed by atoms with E-state index in [2.05, 4.69) is 93.7 Å². The van der Waals surface area contributed by atoms with Gasteiger partial charge >= 0.3 is 5.97 Å². The van der Waals surface area contributed by atoms with Crippen LogP contribution in [0.5, 0.6) is 17.2 Å². The number of amides is 5. The van der Waals surface area contributed by atoms with E-state index in [0.717, 1.165) is 102 Å². The van der Waals surface area contributed by atoms with Gasteiger partial charge in [-0.3, -0.25) is 38.5 Å². The maximum absolute atomic E-state index is 13.6. The Morgan fingerprint density at radius 1 is 0.673 bits per heavy atom. The van der Waals surface area contributed by atoms with Crippen LogP contribution < -0.4 is 30.3 Å². The second-order valence-electron chi connectivity index (χ2n) is 29.2. The standard InChI is InChI=1S/C34H33N3O5.C25H33N3O4.C22H25N3O2/c1-40-28-9-5-7-26-32(28)36-31-25(33(26)38)6-4-8-27(31)34(39)35-24-12-10-21(11-13-24)14-16-37-17-15-22-18-29(41-2)30(42-3)19-23(22)20-37;1-14(2)12-19-22-16(15-8-6-7-9-17(15)26-22)13-20-23(30)27-18(24(31)28(19)20)10-11-21(29)32-25(3,4)5;1-12(2)9-18-20-15(14-7-6-13(3)10-16(14)23-20)11-19-21(26)24-8-4-5-17(24)22(27)25(18)19/h4-13,18-19H,14-17,20H2,1-3H3,(H,35,39)(H,36,38);6-9,14,18-20,26H,10-13H2,1-5H3,(H,27,30);6-7,9-10,17-19,23H,4-5,8,11H2,1-3H3/t;18-,19-,20-;17-,18?,19-/m.00/s1. The van der Waals surface area contributed by atoms with Crippen LogP contribution in [0.3, 0.4) is 0 Å². The summed E-state index contributed by atoms with van der Waals surface area (Å²) in [6.45, 7) is 19.4. The molecule has 6 aliphatic heterocycles. The van der Waals surface area contributed by atoms with Crippen molar-refractivity contribution >= 4 is 84.8 Å². The van der Waals surface area contributed by atoms with Gasteiger partial charge in [0.25, 0.3) is 5.91 Å². The number of aromatic amines is 3. The van der Waals surface area contributed by atoms with Crippen molar-refractivity contribution in [3.05, 3.63) is 187 Å². The van der Waals surface area contributed by atoms with Gasteiger partial charge in [0.2, 0.25) is 23.6 Å². The van der Waals surface area contributed by atoms with Gasteiger partial charge in [-0.1, -0.05) is 80.1 Å². The lowest BCUT2D eigenvalue weighted by atomic mass is 9.85. The molecule has 3 saturated heterocycles. The Kier molecular flexibility index (Phi) is 19.5. The molecule has 101 heavy (non-hydrogen) atoms. The lowest BCUT2D eigenvalue weighted by molar-refractivity contribution is -0.162. The molecule has 6 aliphatic rings. The SMILES string of the molecule is CC(C)=CC1c2[nH]c3cc(C)ccc3c2C[C@H]2C(=O)N3CCC[C@H]3C(=O)N12.CC(C)C[C@H]1c2[nH]c3ccccc3c2C[C@H]2C(=O)N[C@@H](CCC(=O)OC(C)(C)C)C(=O)N21.COc1cc2c(cc1OC)CN(CCc1ccc(NC(=O)c3cccc4c(=O)c5cccc(OC)c5[nH]c34)cc1)CC2. The van der Waals surface area contributed by atoms with Gasteiger partial charge in [0.05, 0.1) is 50.0 Å². The van der Waals surface area contributed by atoms with Gasteiger partial charge in [0.1, 0.15) is 35.5 Å². The van der Waals surface area contributed by atoms with Gasteiger partial charge < -0.3 is 59.2 Å². The molecule has 9 heterocycles. The maximum Gasteiger partial charge on any atom is 0.306 e. The third-order valence-electron chi connectivity index (χ3n) is 20.5. The number of allylic oxidation sites excluding steroid dienone is 1. The highest BCUT2D eigenvalue weighted by Gasteiger charge is 2.53. The van der Waals surface area contributed by atoms with E-state index in [4.69, 9.17) is 18.9 Å². The third kappa shape index (κ3) is 13.8. The van der Waals surface area contributed by atoms with Crippen LogP contribution in [0.1, 0.15) is 148 Å². The van der Waals surface area contributed by atoms with Crippen LogP contribution in [0, 0.1) is 12.8 Å². The average Bonchev–Trinajstić information content (AvgIpc) is 1.62. The fourth-order valence-corrected chi connectivity index (χ4v) is 15.8. The first kappa shape index (κ1) is 69.3. The Balaban J connectivity index is 0.000000139. The van der Waals surface area contributed by atoms with E-state index in [1.807, 2.05) is 86.9 Å². The number of methoxy groups -OCH3 is 3. The van der Waals surface area contributed by atoms with E-state index in [-0.39, 0.29) is 77.9 Å². The van der Waals surface area contributed by atoms with E-state index in [9.17, 15) is 33.6 Å². The number of rotatable bonds is 14. The number of aryl methyl sites for hydroxylation is 1. The van der Waals surface area contributed by atoms with E-state index >= 15 is 0 Å². The minimum atomic E-state index is -0.716. The molecule has 15 rings (SSSR count). The Morgan fingerprint density at radius 2 is 1.35 bits per heavy atom. The van der Waals surface area contributed by atoms with Crippen molar-refractivity contribution in [3.8, 4) is 17.2 Å². The van der Waals surface area contributed by atoms with Crippen molar-refractivity contribution < 1.29 is 47.7 Å². The molecule has 6 atom stereocenters. The number of para-hydroxylation sites is 3. The predicted molar refractivity (Wildman–Crippen MR) is 391 cm³/mol. The molecule has 6 aromatic carbocycles. The second-order valence-corrected chi connectivity index (χ2v) is 29.2. The molecule has 0 bridgehead atoms. The third-order valence-corrected chi connectivity index (χ3v) is 20.5. The number of piperazine rings is 2. The molecule has 526 valence electrons. The number of hydrogen-bond donors (Lipinski definition) is 5. The average molecular weight is 1370 g/mol. The van der Waals surface area contributed by atoms with Gasteiger partial charge in [-0.15, -0.1) is 0 Å². The number of esters is 1. The van der Waals surface area contributed by atoms with Crippen LogP contribution in [0.25, 0.3) is 43.6 Å². The summed E-state index contributed by atoms with van der Waals surface area (Å²) in [6.07, 6.45) is 7.87. The molecule has 9 aromatic rings. The molecular formula is C81H91N9O11. The molecule has 0 radical (unpaired) electrons. The van der Waals surface area contributed by atoms with Gasteiger partial charge in [0, 0.05) is 95.1 Å². The number of benzene rings is 6. The number of carbonyl (C=O) groups is 6. The van der Waals surface area contributed by atoms with E-state index in [1.165, 1.54) is 33.2 Å². The molecule has 1 unspecified atom stereocenters. The molecule has 0 spiro atoms. The summed E-state index contributed by atoms with van der Waals surface area (Å²) in [5.74, 6) is 1.74. The van der Waals surface area contributed by atoms with Crippen molar-refractivity contribution in [1.82, 2.24) is 39.9 Å².